The Bertz CT molecular complexity index is 619. The van der Waals surface area contributed by atoms with Crippen LogP contribution >= 0.6 is 31.9 Å². The topological polar surface area (TPSA) is 35.2 Å². The van der Waals surface area contributed by atoms with Gasteiger partial charge >= 0.3 is 0 Å². The molecule has 2 aromatic carbocycles. The van der Waals surface area contributed by atoms with Gasteiger partial charge in [0.1, 0.15) is 11.6 Å². The van der Waals surface area contributed by atoms with Crippen molar-refractivity contribution in [3.05, 3.63) is 62.3 Å². The predicted molar refractivity (Wildman–Crippen MR) is 85.4 cm³/mol. The molecular formula is C15H14Br2FNO. The van der Waals surface area contributed by atoms with Gasteiger partial charge in [0.2, 0.25) is 0 Å². The van der Waals surface area contributed by atoms with Crippen LogP contribution in [0.2, 0.25) is 0 Å². The van der Waals surface area contributed by atoms with Gasteiger partial charge in [-0.05, 0) is 58.7 Å². The molecule has 0 saturated carbocycles. The molecule has 0 spiro atoms. The molecule has 2 aromatic rings. The number of rotatable bonds is 4. The lowest BCUT2D eigenvalue weighted by molar-refractivity contribution is 0.338. The van der Waals surface area contributed by atoms with Crippen LogP contribution in [0.15, 0.2) is 45.3 Å². The van der Waals surface area contributed by atoms with Gasteiger partial charge in [-0.3, -0.25) is 0 Å². The largest absolute Gasteiger partial charge is 0.493 e. The molecule has 0 amide bonds. The van der Waals surface area contributed by atoms with Crippen molar-refractivity contribution in [3.63, 3.8) is 0 Å². The summed E-state index contributed by atoms with van der Waals surface area (Å²) in [6.07, 6.45) is 0. The van der Waals surface area contributed by atoms with E-state index in [1.54, 1.807) is 12.1 Å². The summed E-state index contributed by atoms with van der Waals surface area (Å²) in [7, 11) is 0. The molecule has 1 unspecified atom stereocenters. The third kappa shape index (κ3) is 3.40. The Morgan fingerprint density at radius 1 is 1.20 bits per heavy atom. The van der Waals surface area contributed by atoms with Crippen molar-refractivity contribution in [1.82, 2.24) is 0 Å². The first-order valence-electron chi connectivity index (χ1n) is 6.15. The van der Waals surface area contributed by atoms with Crippen LogP contribution in [-0.4, -0.2) is 6.61 Å². The van der Waals surface area contributed by atoms with Crippen LogP contribution in [0, 0.1) is 5.82 Å². The summed E-state index contributed by atoms with van der Waals surface area (Å²) < 4.78 is 20.9. The van der Waals surface area contributed by atoms with Crippen molar-refractivity contribution < 1.29 is 9.13 Å². The number of hydrogen-bond acceptors (Lipinski definition) is 2. The van der Waals surface area contributed by atoms with Crippen molar-refractivity contribution in [3.8, 4) is 5.75 Å². The Morgan fingerprint density at radius 2 is 1.95 bits per heavy atom. The first-order valence-corrected chi connectivity index (χ1v) is 7.74. The van der Waals surface area contributed by atoms with Crippen LogP contribution in [0.25, 0.3) is 0 Å². The van der Waals surface area contributed by atoms with Gasteiger partial charge < -0.3 is 10.5 Å². The molecule has 5 heteroatoms. The van der Waals surface area contributed by atoms with E-state index in [-0.39, 0.29) is 5.82 Å². The van der Waals surface area contributed by atoms with E-state index >= 15 is 0 Å². The summed E-state index contributed by atoms with van der Waals surface area (Å²) in [6, 6.07) is 9.77. The monoisotopic (exact) mass is 401 g/mol. The predicted octanol–water partition coefficient (Wildman–Crippen LogP) is 4.80. The SMILES string of the molecule is CCOc1ccc(C(N)c2cc(Br)ccc2F)cc1Br. The number of nitrogens with two attached hydrogens (primary N) is 1. The van der Waals surface area contributed by atoms with Crippen LogP contribution in [0.5, 0.6) is 5.75 Å². The number of halogens is 3. The highest BCUT2D eigenvalue weighted by Crippen LogP contribution is 2.31. The van der Waals surface area contributed by atoms with Crippen molar-refractivity contribution in [2.75, 3.05) is 6.61 Å². The van der Waals surface area contributed by atoms with E-state index in [0.29, 0.717) is 12.2 Å². The Balaban J connectivity index is 2.35. The minimum atomic E-state index is -0.528. The molecule has 20 heavy (non-hydrogen) atoms. The van der Waals surface area contributed by atoms with E-state index in [4.69, 9.17) is 10.5 Å². The minimum absolute atomic E-state index is 0.314. The summed E-state index contributed by atoms with van der Waals surface area (Å²) in [5.41, 5.74) is 7.43. The van der Waals surface area contributed by atoms with Crippen LogP contribution in [0.1, 0.15) is 24.1 Å². The second-order valence-corrected chi connectivity index (χ2v) is 6.04. The summed E-state index contributed by atoms with van der Waals surface area (Å²) in [5.74, 6) is 0.434. The fourth-order valence-electron chi connectivity index (χ4n) is 1.92. The van der Waals surface area contributed by atoms with Gasteiger partial charge in [0.05, 0.1) is 17.1 Å². The lowest BCUT2D eigenvalue weighted by Gasteiger charge is -2.15. The highest BCUT2D eigenvalue weighted by molar-refractivity contribution is 9.10. The van der Waals surface area contributed by atoms with E-state index in [1.807, 2.05) is 25.1 Å². The molecule has 0 radical (unpaired) electrons. The Hall–Kier alpha value is -0.910. The number of hydrogen-bond donors (Lipinski definition) is 1. The van der Waals surface area contributed by atoms with Crippen LogP contribution in [0.4, 0.5) is 4.39 Å². The van der Waals surface area contributed by atoms with Crippen molar-refractivity contribution >= 4 is 31.9 Å². The average Bonchev–Trinajstić information content (AvgIpc) is 2.43. The van der Waals surface area contributed by atoms with Crippen LogP contribution in [-0.2, 0) is 0 Å². The molecule has 0 fully saturated rings. The first-order chi connectivity index (χ1) is 9.52. The second kappa shape index (κ2) is 6.70. The lowest BCUT2D eigenvalue weighted by Crippen LogP contribution is -2.13. The van der Waals surface area contributed by atoms with Gasteiger partial charge in [-0.2, -0.15) is 0 Å². The first kappa shape index (κ1) is 15.5. The molecular weight excluding hydrogens is 389 g/mol. The fraction of sp³-hybridized carbons (Fsp3) is 0.200. The standard InChI is InChI=1S/C15H14Br2FNO/c1-2-20-14-6-3-9(7-12(14)17)15(19)11-8-10(16)4-5-13(11)18/h3-8,15H,2,19H2,1H3. The third-order valence-corrected chi connectivity index (χ3v) is 4.02. The summed E-state index contributed by atoms with van der Waals surface area (Å²) >= 11 is 6.77. The fourth-order valence-corrected chi connectivity index (χ4v) is 2.81. The zero-order valence-electron chi connectivity index (χ0n) is 10.9. The molecule has 106 valence electrons. The maximum absolute atomic E-state index is 13.9. The number of benzene rings is 2. The normalized spacial score (nSPS) is 12.2. The van der Waals surface area contributed by atoms with Gasteiger partial charge in [0.15, 0.2) is 0 Å². The quantitative estimate of drug-likeness (QED) is 0.797. The van der Waals surface area contributed by atoms with E-state index < -0.39 is 6.04 Å². The Morgan fingerprint density at radius 3 is 2.60 bits per heavy atom. The lowest BCUT2D eigenvalue weighted by atomic mass is 9.99. The van der Waals surface area contributed by atoms with E-state index in [0.717, 1.165) is 20.3 Å². The highest BCUT2D eigenvalue weighted by Gasteiger charge is 2.15. The zero-order valence-corrected chi connectivity index (χ0v) is 14.0. The van der Waals surface area contributed by atoms with Crippen molar-refractivity contribution in [2.45, 2.75) is 13.0 Å². The molecule has 2 rings (SSSR count). The second-order valence-electron chi connectivity index (χ2n) is 4.27. The molecule has 0 heterocycles. The molecule has 0 saturated heterocycles. The molecule has 1 atom stereocenters. The summed E-state index contributed by atoms with van der Waals surface area (Å²) in [5, 5.41) is 0. The van der Waals surface area contributed by atoms with Crippen molar-refractivity contribution in [1.29, 1.82) is 0 Å². The molecule has 0 bridgehead atoms. The molecule has 2 N–H and O–H groups in total. The van der Waals surface area contributed by atoms with Gasteiger partial charge in [0, 0.05) is 10.0 Å². The van der Waals surface area contributed by atoms with Crippen LogP contribution in [0.3, 0.4) is 0 Å². The van der Waals surface area contributed by atoms with Crippen molar-refractivity contribution in [2.24, 2.45) is 5.73 Å². The maximum Gasteiger partial charge on any atom is 0.133 e. The molecule has 0 aliphatic rings. The Labute approximate surface area is 134 Å². The van der Waals surface area contributed by atoms with Gasteiger partial charge in [0.25, 0.3) is 0 Å². The molecule has 0 aliphatic heterocycles. The molecule has 0 aromatic heterocycles. The van der Waals surface area contributed by atoms with Gasteiger partial charge in [-0.25, -0.2) is 4.39 Å². The molecule has 2 nitrogen and oxygen atoms in total. The van der Waals surface area contributed by atoms with E-state index in [1.165, 1.54) is 6.07 Å². The van der Waals surface area contributed by atoms with E-state index in [9.17, 15) is 4.39 Å². The van der Waals surface area contributed by atoms with Gasteiger partial charge in [-0.15, -0.1) is 0 Å². The smallest absolute Gasteiger partial charge is 0.133 e. The summed E-state index contributed by atoms with van der Waals surface area (Å²) in [6.45, 7) is 2.51. The minimum Gasteiger partial charge on any atom is -0.493 e. The average molecular weight is 403 g/mol. The van der Waals surface area contributed by atoms with E-state index in [2.05, 4.69) is 31.9 Å². The highest BCUT2D eigenvalue weighted by atomic mass is 79.9. The number of ether oxygens (including phenoxy) is 1. The zero-order chi connectivity index (χ0) is 14.7. The molecule has 0 aliphatic carbocycles. The maximum atomic E-state index is 13.9. The van der Waals surface area contributed by atoms with Crippen LogP contribution < -0.4 is 10.5 Å². The Kier molecular flexibility index (Phi) is 5.18. The van der Waals surface area contributed by atoms with Gasteiger partial charge in [-0.1, -0.05) is 22.0 Å². The summed E-state index contributed by atoms with van der Waals surface area (Å²) in [4.78, 5) is 0. The third-order valence-electron chi connectivity index (χ3n) is 2.91.